The van der Waals surface area contributed by atoms with E-state index in [0.717, 1.165) is 17.5 Å². The van der Waals surface area contributed by atoms with E-state index < -0.39 is 10.0 Å². The average Bonchev–Trinajstić information content (AvgIpc) is 2.78. The molecule has 1 aromatic rings. The zero-order valence-electron chi connectivity index (χ0n) is 12.8. The van der Waals surface area contributed by atoms with Gasteiger partial charge < -0.3 is 5.73 Å². The predicted octanol–water partition coefficient (Wildman–Crippen LogP) is 1.73. The first-order valence-electron chi connectivity index (χ1n) is 7.06. The molecule has 0 aliphatic carbocycles. The van der Waals surface area contributed by atoms with E-state index in [1.165, 1.54) is 0 Å². The van der Waals surface area contributed by atoms with Crippen LogP contribution in [0.5, 0.6) is 0 Å². The Morgan fingerprint density at radius 1 is 1.38 bits per heavy atom. The average molecular weight is 306 g/mol. The van der Waals surface area contributed by atoms with Crippen LogP contribution in [0.1, 0.15) is 31.4 Å². The van der Waals surface area contributed by atoms with Crippen LogP contribution in [0.4, 0.5) is 0 Å². The third-order valence-corrected chi connectivity index (χ3v) is 5.64. The van der Waals surface area contributed by atoms with Crippen molar-refractivity contribution in [3.05, 3.63) is 29.3 Å². The minimum Gasteiger partial charge on any atom is -0.320 e. The van der Waals surface area contributed by atoms with Gasteiger partial charge in [-0.25, -0.2) is 8.42 Å². The first-order valence-corrected chi connectivity index (χ1v) is 8.50. The molecule has 0 atom stereocenters. The molecule has 0 saturated carbocycles. The fourth-order valence-electron chi connectivity index (χ4n) is 2.50. The van der Waals surface area contributed by atoms with Gasteiger partial charge in [0.25, 0.3) is 0 Å². The Kier molecular flexibility index (Phi) is 4.43. The lowest BCUT2D eigenvalue weighted by atomic mass is 9.93. The van der Waals surface area contributed by atoms with E-state index in [9.17, 15) is 8.42 Å². The molecule has 1 aliphatic heterocycles. The molecule has 0 amide bonds. The Balaban J connectivity index is 2.32. The van der Waals surface area contributed by atoms with Crippen molar-refractivity contribution < 1.29 is 8.42 Å². The van der Waals surface area contributed by atoms with Crippen LogP contribution in [0, 0.1) is 24.2 Å². The fourth-order valence-corrected chi connectivity index (χ4v) is 4.22. The molecule has 2 rings (SSSR count). The molecule has 0 unspecified atom stereocenters. The smallest absolute Gasteiger partial charge is 0.243 e. The number of rotatable bonds is 2. The van der Waals surface area contributed by atoms with Crippen molar-refractivity contribution in [2.24, 2.45) is 11.1 Å². The molecule has 5 heteroatoms. The van der Waals surface area contributed by atoms with Gasteiger partial charge in [-0.2, -0.15) is 4.31 Å². The quantitative estimate of drug-likeness (QED) is 0.846. The Hall–Kier alpha value is -1.35. The lowest BCUT2D eigenvalue weighted by molar-refractivity contribution is 0.375. The van der Waals surface area contributed by atoms with Gasteiger partial charge in [0.1, 0.15) is 0 Å². The predicted molar refractivity (Wildman–Crippen MR) is 84.3 cm³/mol. The van der Waals surface area contributed by atoms with Gasteiger partial charge in [-0.05, 0) is 42.5 Å². The molecule has 1 aliphatic rings. The second-order valence-electron chi connectivity index (χ2n) is 6.24. The molecule has 0 radical (unpaired) electrons. The van der Waals surface area contributed by atoms with Crippen molar-refractivity contribution in [2.75, 3.05) is 19.6 Å². The molecule has 0 aromatic heterocycles. The molecule has 1 saturated heterocycles. The maximum atomic E-state index is 12.7. The monoisotopic (exact) mass is 306 g/mol. The minimum atomic E-state index is -3.41. The maximum absolute atomic E-state index is 12.7. The summed E-state index contributed by atoms with van der Waals surface area (Å²) in [6.07, 6.45) is 0.894. The van der Waals surface area contributed by atoms with Gasteiger partial charge in [0.15, 0.2) is 0 Å². The van der Waals surface area contributed by atoms with Crippen LogP contribution >= 0.6 is 0 Å². The fraction of sp³-hybridized carbons (Fsp3) is 0.500. The number of benzene rings is 1. The van der Waals surface area contributed by atoms with Crippen LogP contribution in [0.25, 0.3) is 0 Å². The Morgan fingerprint density at radius 2 is 2.10 bits per heavy atom. The number of nitrogens with zero attached hydrogens (tertiary/aromatic N) is 1. The second kappa shape index (κ2) is 5.80. The molecule has 4 nitrogen and oxygen atoms in total. The van der Waals surface area contributed by atoms with E-state index in [1.54, 1.807) is 22.5 Å². The molecular weight excluding hydrogens is 284 g/mol. The summed E-state index contributed by atoms with van der Waals surface area (Å²) in [6, 6.07) is 5.08. The van der Waals surface area contributed by atoms with E-state index in [2.05, 4.69) is 25.7 Å². The van der Waals surface area contributed by atoms with Crippen LogP contribution in [0.15, 0.2) is 23.1 Å². The number of hydrogen-bond donors (Lipinski definition) is 1. The summed E-state index contributed by atoms with van der Waals surface area (Å²) in [5, 5.41) is 0. The van der Waals surface area contributed by atoms with Crippen LogP contribution in [0.3, 0.4) is 0 Å². The molecule has 1 aromatic carbocycles. The number of hydrogen-bond acceptors (Lipinski definition) is 3. The highest BCUT2D eigenvalue weighted by molar-refractivity contribution is 7.89. The molecule has 0 spiro atoms. The first kappa shape index (κ1) is 16.0. The van der Waals surface area contributed by atoms with Crippen molar-refractivity contribution in [3.8, 4) is 11.8 Å². The maximum Gasteiger partial charge on any atom is 0.243 e. The van der Waals surface area contributed by atoms with Crippen LogP contribution in [-0.2, 0) is 10.0 Å². The zero-order chi connectivity index (χ0) is 15.7. The van der Waals surface area contributed by atoms with E-state index in [1.807, 2.05) is 6.92 Å². The topological polar surface area (TPSA) is 63.4 Å². The van der Waals surface area contributed by atoms with Crippen molar-refractivity contribution in [2.45, 2.75) is 32.1 Å². The number of nitrogens with two attached hydrogens (primary N) is 1. The Morgan fingerprint density at radius 3 is 2.62 bits per heavy atom. The van der Waals surface area contributed by atoms with Gasteiger partial charge in [0.2, 0.25) is 10.0 Å². The number of aryl methyl sites for hydroxylation is 1. The van der Waals surface area contributed by atoms with Gasteiger partial charge in [-0.3, -0.25) is 0 Å². The van der Waals surface area contributed by atoms with Crippen LogP contribution in [-0.4, -0.2) is 32.4 Å². The lowest BCUT2D eigenvalue weighted by Crippen LogP contribution is -2.30. The molecule has 1 fully saturated rings. The van der Waals surface area contributed by atoms with E-state index in [0.29, 0.717) is 24.5 Å². The van der Waals surface area contributed by atoms with Crippen LogP contribution in [0.2, 0.25) is 0 Å². The highest BCUT2D eigenvalue weighted by Crippen LogP contribution is 2.33. The minimum absolute atomic E-state index is 0.0503. The van der Waals surface area contributed by atoms with Crippen molar-refractivity contribution in [1.29, 1.82) is 0 Å². The standard InChI is InChI=1S/C16H22N2O2S/c1-13-11-15(7-6-14(13)5-4-9-17)21(19,20)18-10-8-16(2,3)12-18/h6-7,11H,8-10,12,17H2,1-3H3. The van der Waals surface area contributed by atoms with Gasteiger partial charge in [-0.1, -0.05) is 25.7 Å². The SMILES string of the molecule is Cc1cc(S(=O)(=O)N2CCC(C)(C)C2)ccc1C#CCN. The summed E-state index contributed by atoms with van der Waals surface area (Å²) in [5.74, 6) is 5.74. The van der Waals surface area contributed by atoms with Crippen molar-refractivity contribution in [1.82, 2.24) is 4.31 Å². The molecular formula is C16H22N2O2S. The van der Waals surface area contributed by atoms with Gasteiger partial charge in [-0.15, -0.1) is 0 Å². The third-order valence-electron chi connectivity index (χ3n) is 3.80. The highest BCUT2D eigenvalue weighted by Gasteiger charge is 2.36. The summed E-state index contributed by atoms with van der Waals surface area (Å²) in [6.45, 7) is 7.51. The van der Waals surface area contributed by atoms with Crippen LogP contribution < -0.4 is 5.73 Å². The van der Waals surface area contributed by atoms with Gasteiger partial charge in [0.05, 0.1) is 11.4 Å². The third kappa shape index (κ3) is 3.46. The van der Waals surface area contributed by atoms with Crippen molar-refractivity contribution >= 4 is 10.0 Å². The first-order chi connectivity index (χ1) is 9.76. The number of sulfonamides is 1. The molecule has 2 N–H and O–H groups in total. The summed E-state index contributed by atoms with van der Waals surface area (Å²) in [5.41, 5.74) is 7.09. The summed E-state index contributed by atoms with van der Waals surface area (Å²) in [4.78, 5) is 0.344. The Bertz CT molecular complexity index is 697. The molecule has 0 bridgehead atoms. The summed E-state index contributed by atoms with van der Waals surface area (Å²) >= 11 is 0. The molecule has 114 valence electrons. The van der Waals surface area contributed by atoms with E-state index in [4.69, 9.17) is 5.73 Å². The lowest BCUT2D eigenvalue weighted by Gasteiger charge is -2.20. The zero-order valence-corrected chi connectivity index (χ0v) is 13.6. The summed E-state index contributed by atoms with van der Waals surface area (Å²) in [7, 11) is -3.41. The molecule has 21 heavy (non-hydrogen) atoms. The van der Waals surface area contributed by atoms with Gasteiger partial charge >= 0.3 is 0 Å². The highest BCUT2D eigenvalue weighted by atomic mass is 32.2. The van der Waals surface area contributed by atoms with Crippen molar-refractivity contribution in [3.63, 3.8) is 0 Å². The summed E-state index contributed by atoms with van der Waals surface area (Å²) < 4.78 is 26.9. The van der Waals surface area contributed by atoms with Gasteiger partial charge in [0, 0.05) is 18.7 Å². The normalized spacial score (nSPS) is 18.3. The van der Waals surface area contributed by atoms with E-state index >= 15 is 0 Å². The Labute approximate surface area is 127 Å². The van der Waals surface area contributed by atoms with E-state index in [-0.39, 0.29) is 5.41 Å². The second-order valence-corrected chi connectivity index (χ2v) is 8.17. The molecule has 1 heterocycles. The largest absolute Gasteiger partial charge is 0.320 e.